The summed E-state index contributed by atoms with van der Waals surface area (Å²) in [7, 11) is 0. The van der Waals surface area contributed by atoms with Gasteiger partial charge in [-0.3, -0.25) is 0 Å². The monoisotopic (exact) mass is 540 g/mol. The van der Waals surface area contributed by atoms with Crippen LogP contribution in [0.25, 0.3) is 0 Å². The van der Waals surface area contributed by atoms with E-state index in [1.54, 1.807) is 11.1 Å². The van der Waals surface area contributed by atoms with Crippen molar-refractivity contribution >= 4 is 0 Å². The molecule has 0 amide bonds. The summed E-state index contributed by atoms with van der Waals surface area (Å²) in [4.78, 5) is 0. The van der Waals surface area contributed by atoms with Crippen molar-refractivity contribution in [2.75, 3.05) is 0 Å². The van der Waals surface area contributed by atoms with Crippen LogP contribution in [0.4, 0.5) is 0 Å². The molecule has 0 radical (unpaired) electrons. The number of unbranched alkanes of at least 4 members (excludes halogenated alkanes) is 1. The Labute approximate surface area is 249 Å². The Balaban J connectivity index is 1.77. The molecule has 0 aliphatic heterocycles. The van der Waals surface area contributed by atoms with Crippen LogP contribution in [0.2, 0.25) is 0 Å². The molecule has 2 rings (SSSR count). The summed E-state index contributed by atoms with van der Waals surface area (Å²) in [5.41, 5.74) is 10.9. The molecular formula is C40H60. The predicted octanol–water partition coefficient (Wildman–Crippen LogP) is 12.9. The lowest BCUT2D eigenvalue weighted by Gasteiger charge is -2.38. The molecule has 0 saturated heterocycles. The Morgan fingerprint density at radius 3 is 2.05 bits per heavy atom. The molecule has 0 bridgehead atoms. The van der Waals surface area contributed by atoms with E-state index >= 15 is 0 Å². The largest absolute Gasteiger partial charge is 0.0853 e. The Hall–Kier alpha value is -2.34. The van der Waals surface area contributed by atoms with E-state index < -0.39 is 0 Å². The van der Waals surface area contributed by atoms with Crippen LogP contribution in [0.1, 0.15) is 127 Å². The number of allylic oxidation sites excluding steroid dienone is 18. The Bertz CT molecular complexity index is 1110. The van der Waals surface area contributed by atoms with Gasteiger partial charge in [0.2, 0.25) is 0 Å². The van der Waals surface area contributed by atoms with Crippen molar-refractivity contribution in [2.24, 2.45) is 16.7 Å². The van der Waals surface area contributed by atoms with Gasteiger partial charge >= 0.3 is 0 Å². The van der Waals surface area contributed by atoms with Gasteiger partial charge in [-0.2, -0.15) is 0 Å². The summed E-state index contributed by atoms with van der Waals surface area (Å²) in [6.45, 7) is 23.2. The average Bonchev–Trinajstić information content (AvgIpc) is 2.85. The summed E-state index contributed by atoms with van der Waals surface area (Å²) in [6, 6.07) is 0. The molecule has 2 aliphatic carbocycles. The third kappa shape index (κ3) is 11.6. The highest BCUT2D eigenvalue weighted by atomic mass is 14.4. The van der Waals surface area contributed by atoms with E-state index in [9.17, 15) is 0 Å². The van der Waals surface area contributed by atoms with Crippen molar-refractivity contribution in [3.05, 3.63) is 106 Å². The summed E-state index contributed by atoms with van der Waals surface area (Å²) in [6.07, 6.45) is 36.2. The van der Waals surface area contributed by atoms with E-state index in [1.165, 1.54) is 72.8 Å². The Morgan fingerprint density at radius 2 is 1.45 bits per heavy atom. The Kier molecular flexibility index (Phi) is 13.7. The molecule has 0 aromatic rings. The van der Waals surface area contributed by atoms with Crippen molar-refractivity contribution in [3.8, 4) is 0 Å². The second kappa shape index (κ2) is 16.2. The van der Waals surface area contributed by atoms with Gasteiger partial charge in [0.15, 0.2) is 0 Å². The first kappa shape index (κ1) is 33.9. The molecule has 0 N–H and O–H groups in total. The molecule has 0 heteroatoms. The van der Waals surface area contributed by atoms with Crippen LogP contribution in [-0.4, -0.2) is 0 Å². The molecule has 0 aromatic carbocycles. The highest BCUT2D eigenvalue weighted by molar-refractivity contribution is 5.37. The van der Waals surface area contributed by atoms with Crippen molar-refractivity contribution in [1.82, 2.24) is 0 Å². The van der Waals surface area contributed by atoms with E-state index in [2.05, 4.69) is 136 Å². The normalized spacial score (nSPS) is 23.1. The van der Waals surface area contributed by atoms with Gasteiger partial charge in [0.05, 0.1) is 0 Å². The molecule has 0 heterocycles. The predicted molar refractivity (Wildman–Crippen MR) is 182 cm³/mol. The summed E-state index contributed by atoms with van der Waals surface area (Å²) in [5.74, 6) is 0.722. The molecule has 40 heavy (non-hydrogen) atoms. The van der Waals surface area contributed by atoms with E-state index in [1.807, 2.05) is 0 Å². The van der Waals surface area contributed by atoms with Crippen LogP contribution in [-0.2, 0) is 0 Å². The van der Waals surface area contributed by atoms with Crippen LogP contribution < -0.4 is 0 Å². The molecule has 0 fully saturated rings. The number of rotatable bonds is 12. The number of hydrogen-bond donors (Lipinski definition) is 0. The fraction of sp³-hybridized carbons (Fsp3) is 0.550. The van der Waals surface area contributed by atoms with E-state index in [4.69, 9.17) is 0 Å². The summed E-state index contributed by atoms with van der Waals surface area (Å²) >= 11 is 0. The highest BCUT2D eigenvalue weighted by Gasteiger charge is 2.32. The van der Waals surface area contributed by atoms with Gasteiger partial charge in [-0.1, -0.05) is 128 Å². The molecule has 0 unspecified atom stereocenters. The zero-order valence-electron chi connectivity index (χ0n) is 27.8. The summed E-state index contributed by atoms with van der Waals surface area (Å²) < 4.78 is 0. The summed E-state index contributed by atoms with van der Waals surface area (Å²) in [5, 5.41) is 0. The maximum atomic E-state index is 2.46. The molecule has 0 spiro atoms. The zero-order valence-corrected chi connectivity index (χ0v) is 27.8. The lowest BCUT2D eigenvalue weighted by atomic mass is 9.67. The van der Waals surface area contributed by atoms with Gasteiger partial charge in [-0.05, 0) is 122 Å². The van der Waals surface area contributed by atoms with Gasteiger partial charge in [0, 0.05) is 0 Å². The zero-order chi connectivity index (χ0) is 29.8. The van der Waals surface area contributed by atoms with E-state index in [0.717, 1.165) is 18.8 Å². The maximum Gasteiger partial charge on any atom is -0.0104 e. The molecule has 220 valence electrons. The second-order valence-electron chi connectivity index (χ2n) is 13.9. The average molecular weight is 541 g/mol. The van der Waals surface area contributed by atoms with Crippen LogP contribution in [0.15, 0.2) is 106 Å². The first-order valence-corrected chi connectivity index (χ1v) is 15.9. The van der Waals surface area contributed by atoms with Crippen molar-refractivity contribution < 1.29 is 0 Å². The first-order valence-electron chi connectivity index (χ1n) is 15.9. The lowest BCUT2D eigenvalue weighted by Crippen LogP contribution is -2.27. The minimum absolute atomic E-state index is 0.301. The van der Waals surface area contributed by atoms with Crippen LogP contribution in [0.5, 0.6) is 0 Å². The minimum Gasteiger partial charge on any atom is -0.0853 e. The standard InChI is InChI=1S/C40H60/c1-31(19-13-21-33(3)25-27-37-35(5)23-15-29-39(37,7)8)17-11-12-18-32(2)20-14-22-34(4)26-28-38-36(6)24-16-30-40(38,9)10/h13-14,17-23,26,28,37H,11-12,15-16,24-25,27,29-30H2,1-10H3/b19-13+,20-14+,28-26+,31-17+,32-18+,33-21+,34-22+/t37-/m0/s1. The van der Waals surface area contributed by atoms with E-state index in [-0.39, 0.29) is 0 Å². The van der Waals surface area contributed by atoms with Crippen molar-refractivity contribution in [1.29, 1.82) is 0 Å². The number of hydrogen-bond acceptors (Lipinski definition) is 0. The molecule has 0 aromatic heterocycles. The minimum atomic E-state index is 0.301. The molecule has 1 atom stereocenters. The van der Waals surface area contributed by atoms with E-state index in [0.29, 0.717) is 10.8 Å². The fourth-order valence-corrected chi connectivity index (χ4v) is 6.43. The second-order valence-corrected chi connectivity index (χ2v) is 13.9. The SMILES string of the molecule is CC1=CCCC(C)(C)[C@H]1CC/C(C)=C/C=C/C(C)=C/CC/C=C(C)/C=C/C=C(C)/C=C/C1=C(C)CCCC1(C)C. The van der Waals surface area contributed by atoms with Gasteiger partial charge in [-0.15, -0.1) is 0 Å². The first-order chi connectivity index (χ1) is 18.8. The van der Waals surface area contributed by atoms with Crippen molar-refractivity contribution in [3.63, 3.8) is 0 Å². The molecule has 2 aliphatic rings. The van der Waals surface area contributed by atoms with Gasteiger partial charge in [0.25, 0.3) is 0 Å². The van der Waals surface area contributed by atoms with Crippen LogP contribution in [0.3, 0.4) is 0 Å². The van der Waals surface area contributed by atoms with Crippen LogP contribution >= 0.6 is 0 Å². The van der Waals surface area contributed by atoms with Crippen LogP contribution in [0, 0.1) is 16.7 Å². The lowest BCUT2D eigenvalue weighted by molar-refractivity contribution is 0.204. The Morgan fingerprint density at radius 1 is 0.825 bits per heavy atom. The third-order valence-corrected chi connectivity index (χ3v) is 9.19. The topological polar surface area (TPSA) is 0 Å². The quantitative estimate of drug-likeness (QED) is 0.131. The van der Waals surface area contributed by atoms with Crippen molar-refractivity contribution in [2.45, 2.75) is 127 Å². The molecule has 0 saturated carbocycles. The van der Waals surface area contributed by atoms with Gasteiger partial charge in [-0.25, -0.2) is 0 Å². The van der Waals surface area contributed by atoms with Gasteiger partial charge < -0.3 is 0 Å². The molecule has 0 nitrogen and oxygen atoms in total. The smallest absolute Gasteiger partial charge is 0.0104 e. The fourth-order valence-electron chi connectivity index (χ4n) is 6.43. The van der Waals surface area contributed by atoms with Gasteiger partial charge in [0.1, 0.15) is 0 Å². The maximum absolute atomic E-state index is 2.46. The highest BCUT2D eigenvalue weighted by Crippen LogP contribution is 2.44. The molecular weight excluding hydrogens is 480 g/mol. The third-order valence-electron chi connectivity index (χ3n) is 9.19.